The Kier molecular flexibility index (Phi) is 6.04. The number of benzene rings is 2. The highest BCUT2D eigenvalue weighted by atomic mass is 35.5. The Hall–Kier alpha value is -3.98. The van der Waals surface area contributed by atoms with Crippen molar-refractivity contribution >= 4 is 29.2 Å². The number of hydrogen-bond donors (Lipinski definition) is 1. The van der Waals surface area contributed by atoms with Gasteiger partial charge in [0.05, 0.1) is 29.7 Å². The summed E-state index contributed by atoms with van der Waals surface area (Å²) in [6, 6.07) is 14.7. The summed E-state index contributed by atoms with van der Waals surface area (Å²) in [6.45, 7) is 0.0560. The Labute approximate surface area is 182 Å². The van der Waals surface area contributed by atoms with Crippen LogP contribution in [0.2, 0.25) is 5.02 Å². The molecule has 0 spiro atoms. The Bertz CT molecular complexity index is 1190. The van der Waals surface area contributed by atoms with Crippen molar-refractivity contribution in [3.63, 3.8) is 0 Å². The van der Waals surface area contributed by atoms with E-state index >= 15 is 0 Å². The number of carbonyl (C=O) groups excluding carboxylic acids is 2. The Morgan fingerprint density at radius 3 is 2.71 bits per heavy atom. The molecule has 2 aromatic heterocycles. The number of aromatic nitrogens is 5. The van der Waals surface area contributed by atoms with Gasteiger partial charge in [0.25, 0.3) is 5.91 Å². The number of esters is 1. The van der Waals surface area contributed by atoms with E-state index in [9.17, 15) is 9.59 Å². The molecule has 4 aromatic rings. The number of hydrogen-bond acceptors (Lipinski definition) is 6. The van der Waals surface area contributed by atoms with Crippen molar-refractivity contribution < 1.29 is 14.3 Å². The summed E-state index contributed by atoms with van der Waals surface area (Å²) in [6.07, 6.45) is 5.85. The molecule has 1 N–H and O–H groups in total. The Balaban J connectivity index is 1.35. The first-order chi connectivity index (χ1) is 15.1. The molecule has 10 heteroatoms. The molecule has 1 amide bonds. The summed E-state index contributed by atoms with van der Waals surface area (Å²) in [5.41, 5.74) is 2.29. The van der Waals surface area contributed by atoms with E-state index in [0.717, 1.165) is 5.56 Å². The van der Waals surface area contributed by atoms with Crippen LogP contribution in [-0.2, 0) is 16.1 Å². The van der Waals surface area contributed by atoms with Crippen LogP contribution in [0.1, 0.15) is 15.9 Å². The summed E-state index contributed by atoms with van der Waals surface area (Å²) < 4.78 is 8.23. The van der Waals surface area contributed by atoms with E-state index in [1.165, 1.54) is 23.5 Å². The van der Waals surface area contributed by atoms with Gasteiger partial charge in [0.1, 0.15) is 12.7 Å². The third-order valence-corrected chi connectivity index (χ3v) is 4.52. The summed E-state index contributed by atoms with van der Waals surface area (Å²) in [5.74, 6) is -1.16. The number of halogens is 1. The van der Waals surface area contributed by atoms with Crippen LogP contribution in [-0.4, -0.2) is 43.0 Å². The second kappa shape index (κ2) is 9.23. The van der Waals surface area contributed by atoms with Gasteiger partial charge >= 0.3 is 5.97 Å². The van der Waals surface area contributed by atoms with Crippen LogP contribution in [0.4, 0.5) is 5.69 Å². The molecule has 156 valence electrons. The first-order valence-electron chi connectivity index (χ1n) is 9.26. The highest BCUT2D eigenvalue weighted by Crippen LogP contribution is 2.23. The molecule has 0 bridgehead atoms. The van der Waals surface area contributed by atoms with E-state index in [1.807, 2.05) is 30.3 Å². The third-order valence-electron chi connectivity index (χ3n) is 4.29. The number of carbonyl (C=O) groups is 2. The molecule has 9 nitrogen and oxygen atoms in total. The van der Waals surface area contributed by atoms with Crippen LogP contribution < -0.4 is 5.32 Å². The number of anilines is 1. The van der Waals surface area contributed by atoms with Crippen LogP contribution in [0.3, 0.4) is 0 Å². The fraction of sp³-hybridized carbons (Fsp3) is 0.0952. The molecule has 2 aromatic carbocycles. The molecule has 4 rings (SSSR count). The lowest BCUT2D eigenvalue weighted by Crippen LogP contribution is -2.21. The van der Waals surface area contributed by atoms with Crippen LogP contribution in [0.25, 0.3) is 5.69 Å². The van der Waals surface area contributed by atoms with Crippen LogP contribution in [0.5, 0.6) is 0 Å². The van der Waals surface area contributed by atoms with Gasteiger partial charge in [0, 0.05) is 11.2 Å². The van der Waals surface area contributed by atoms with Crippen molar-refractivity contribution in [1.29, 1.82) is 0 Å². The summed E-state index contributed by atoms with van der Waals surface area (Å²) in [4.78, 5) is 28.5. The first kappa shape index (κ1) is 20.3. The smallest absolute Gasteiger partial charge is 0.341 e. The number of nitrogens with zero attached hydrogens (tertiary/aromatic N) is 5. The van der Waals surface area contributed by atoms with Crippen molar-refractivity contribution in [3.05, 3.63) is 89.7 Å². The summed E-state index contributed by atoms with van der Waals surface area (Å²) in [5, 5.41) is 11.3. The molecule has 0 radical (unpaired) electrons. The lowest BCUT2D eigenvalue weighted by Gasteiger charge is -2.11. The number of ether oxygens (including phenoxy) is 1. The molecule has 0 saturated carbocycles. The van der Waals surface area contributed by atoms with Gasteiger partial charge < -0.3 is 10.1 Å². The van der Waals surface area contributed by atoms with Crippen molar-refractivity contribution in [1.82, 2.24) is 24.5 Å². The normalized spacial score (nSPS) is 10.6. The first-order valence-corrected chi connectivity index (χ1v) is 9.64. The standard InChI is InChI=1S/C21H17ClN6O3/c22-17-6-7-19(28-14-23-13-25-28)18(8-17)26-20(29)12-31-21(30)16-9-24-27(11-16)10-15-4-2-1-3-5-15/h1-9,11,13-14H,10,12H2,(H,26,29). The molecular formula is C21H17ClN6O3. The molecule has 0 aliphatic heterocycles. The van der Waals surface area contributed by atoms with Crippen molar-refractivity contribution in [3.8, 4) is 5.69 Å². The zero-order valence-corrected chi connectivity index (χ0v) is 16.9. The molecule has 2 heterocycles. The molecule has 31 heavy (non-hydrogen) atoms. The van der Waals surface area contributed by atoms with Gasteiger partial charge in [-0.1, -0.05) is 41.9 Å². The lowest BCUT2D eigenvalue weighted by atomic mass is 10.2. The fourth-order valence-corrected chi connectivity index (χ4v) is 3.04. The summed E-state index contributed by atoms with van der Waals surface area (Å²) >= 11 is 6.04. The number of nitrogens with one attached hydrogen (secondary N) is 1. The Morgan fingerprint density at radius 2 is 1.94 bits per heavy atom. The van der Waals surface area contributed by atoms with Gasteiger partial charge in [-0.25, -0.2) is 14.5 Å². The van der Waals surface area contributed by atoms with Gasteiger partial charge in [-0.05, 0) is 23.8 Å². The zero-order chi connectivity index (χ0) is 21.6. The predicted octanol–water partition coefficient (Wildman–Crippen LogP) is 2.96. The Morgan fingerprint density at radius 1 is 1.10 bits per heavy atom. The minimum Gasteiger partial charge on any atom is -0.452 e. The van der Waals surface area contributed by atoms with E-state index < -0.39 is 18.5 Å². The van der Waals surface area contributed by atoms with E-state index in [0.29, 0.717) is 22.9 Å². The van der Waals surface area contributed by atoms with Crippen molar-refractivity contribution in [2.75, 3.05) is 11.9 Å². The zero-order valence-electron chi connectivity index (χ0n) is 16.2. The molecule has 0 aliphatic rings. The van der Waals surface area contributed by atoms with Gasteiger partial charge in [-0.15, -0.1) is 0 Å². The van der Waals surface area contributed by atoms with Crippen LogP contribution in [0.15, 0.2) is 73.6 Å². The molecule has 0 fully saturated rings. The highest BCUT2D eigenvalue weighted by molar-refractivity contribution is 6.31. The second-order valence-corrected chi connectivity index (χ2v) is 6.97. The topological polar surface area (TPSA) is 104 Å². The molecule has 0 atom stereocenters. The third kappa shape index (κ3) is 5.14. The van der Waals surface area contributed by atoms with E-state index in [4.69, 9.17) is 16.3 Å². The van der Waals surface area contributed by atoms with E-state index in [2.05, 4.69) is 20.5 Å². The quantitative estimate of drug-likeness (QED) is 0.447. The van der Waals surface area contributed by atoms with Gasteiger partial charge in [-0.2, -0.15) is 10.2 Å². The minimum absolute atomic E-state index is 0.259. The lowest BCUT2D eigenvalue weighted by molar-refractivity contribution is -0.119. The SMILES string of the molecule is O=C(COC(=O)c1cnn(Cc2ccccc2)c1)Nc1cc(Cl)ccc1-n1cncn1. The maximum atomic E-state index is 12.3. The van der Waals surface area contributed by atoms with Crippen molar-refractivity contribution in [2.24, 2.45) is 0 Å². The monoisotopic (exact) mass is 436 g/mol. The molecular weight excluding hydrogens is 420 g/mol. The number of amides is 1. The maximum Gasteiger partial charge on any atom is 0.341 e. The predicted molar refractivity (Wildman–Crippen MR) is 113 cm³/mol. The van der Waals surface area contributed by atoms with Crippen LogP contribution in [0, 0.1) is 0 Å². The fourth-order valence-electron chi connectivity index (χ4n) is 2.87. The highest BCUT2D eigenvalue weighted by Gasteiger charge is 2.15. The second-order valence-electron chi connectivity index (χ2n) is 6.54. The summed E-state index contributed by atoms with van der Waals surface area (Å²) in [7, 11) is 0. The number of rotatable bonds is 7. The largest absolute Gasteiger partial charge is 0.452 e. The average molecular weight is 437 g/mol. The van der Waals surface area contributed by atoms with Crippen LogP contribution >= 0.6 is 11.6 Å². The molecule has 0 saturated heterocycles. The van der Waals surface area contributed by atoms with Crippen molar-refractivity contribution in [2.45, 2.75) is 6.54 Å². The van der Waals surface area contributed by atoms with E-state index in [1.54, 1.807) is 29.1 Å². The van der Waals surface area contributed by atoms with Gasteiger partial charge in [0.15, 0.2) is 6.61 Å². The molecule has 0 unspecified atom stereocenters. The van der Waals surface area contributed by atoms with E-state index in [-0.39, 0.29) is 5.56 Å². The average Bonchev–Trinajstić information content (AvgIpc) is 3.45. The minimum atomic E-state index is -0.642. The maximum absolute atomic E-state index is 12.3. The van der Waals surface area contributed by atoms with Gasteiger partial charge in [0.2, 0.25) is 0 Å². The van der Waals surface area contributed by atoms with Gasteiger partial charge in [-0.3, -0.25) is 9.48 Å². The molecule has 0 aliphatic carbocycles.